The standard InChI is InChI=1S/C18H16FN3O6/c19-13-7-6-11(9-15(13)22(27)28)8-14(18(25)26)21-16(23)10-20-17(24)12-4-2-1-3-5-12/h1-7,9,14H,8,10H2,(H,20,24)(H,21,23)(H,25,26)/t14-/m0/s1. The molecule has 3 N–H and O–H groups in total. The molecule has 0 aromatic heterocycles. The summed E-state index contributed by atoms with van der Waals surface area (Å²) >= 11 is 0. The fourth-order valence-corrected chi connectivity index (χ4v) is 2.36. The van der Waals surface area contributed by atoms with Gasteiger partial charge in [-0.3, -0.25) is 19.7 Å². The van der Waals surface area contributed by atoms with Gasteiger partial charge in [0.1, 0.15) is 6.04 Å². The van der Waals surface area contributed by atoms with E-state index in [1.807, 2.05) is 0 Å². The van der Waals surface area contributed by atoms with Crippen LogP contribution in [0.15, 0.2) is 48.5 Å². The van der Waals surface area contributed by atoms with E-state index >= 15 is 0 Å². The Balaban J connectivity index is 1.98. The van der Waals surface area contributed by atoms with Gasteiger partial charge in [-0.1, -0.05) is 24.3 Å². The Bertz CT molecular complexity index is 903. The number of nitro benzene ring substituents is 1. The van der Waals surface area contributed by atoms with Crippen LogP contribution in [0.2, 0.25) is 0 Å². The van der Waals surface area contributed by atoms with Gasteiger partial charge in [-0.05, 0) is 23.8 Å². The summed E-state index contributed by atoms with van der Waals surface area (Å²) in [7, 11) is 0. The molecular formula is C18H16FN3O6. The minimum Gasteiger partial charge on any atom is -0.480 e. The molecule has 0 saturated carbocycles. The summed E-state index contributed by atoms with van der Waals surface area (Å²) in [4.78, 5) is 45.1. The molecule has 0 saturated heterocycles. The van der Waals surface area contributed by atoms with Crippen LogP contribution < -0.4 is 10.6 Å². The van der Waals surface area contributed by atoms with Gasteiger partial charge in [0.2, 0.25) is 11.7 Å². The molecule has 2 rings (SSSR count). The van der Waals surface area contributed by atoms with Gasteiger partial charge in [-0.15, -0.1) is 0 Å². The van der Waals surface area contributed by atoms with Gasteiger partial charge in [0, 0.05) is 18.1 Å². The number of rotatable bonds is 8. The molecule has 0 aliphatic carbocycles. The molecule has 2 amide bonds. The van der Waals surface area contributed by atoms with E-state index in [2.05, 4.69) is 10.6 Å². The summed E-state index contributed by atoms with van der Waals surface area (Å²) in [5.74, 6) is -3.69. The third-order valence-corrected chi connectivity index (χ3v) is 3.73. The molecule has 0 radical (unpaired) electrons. The number of nitrogens with zero attached hydrogens (tertiary/aromatic N) is 1. The summed E-state index contributed by atoms with van der Waals surface area (Å²) in [6, 6.07) is 9.68. The molecule has 0 aliphatic heterocycles. The van der Waals surface area contributed by atoms with E-state index in [4.69, 9.17) is 0 Å². The van der Waals surface area contributed by atoms with Crippen LogP contribution in [-0.2, 0) is 16.0 Å². The zero-order valence-corrected chi connectivity index (χ0v) is 14.4. The van der Waals surface area contributed by atoms with Gasteiger partial charge in [-0.25, -0.2) is 4.79 Å². The van der Waals surface area contributed by atoms with E-state index in [0.29, 0.717) is 5.56 Å². The first-order chi connectivity index (χ1) is 13.3. The number of benzene rings is 2. The Morgan fingerprint density at radius 3 is 2.43 bits per heavy atom. The second kappa shape index (κ2) is 9.21. The van der Waals surface area contributed by atoms with Gasteiger partial charge in [-0.2, -0.15) is 4.39 Å². The van der Waals surface area contributed by atoms with Crippen molar-refractivity contribution in [3.05, 3.63) is 75.6 Å². The normalized spacial score (nSPS) is 11.3. The number of amides is 2. The molecule has 28 heavy (non-hydrogen) atoms. The van der Waals surface area contributed by atoms with Crippen molar-refractivity contribution in [3.63, 3.8) is 0 Å². The Morgan fingerprint density at radius 1 is 1.14 bits per heavy atom. The number of aliphatic carboxylic acids is 1. The topological polar surface area (TPSA) is 139 Å². The molecular weight excluding hydrogens is 373 g/mol. The van der Waals surface area contributed by atoms with Crippen molar-refractivity contribution < 1.29 is 28.8 Å². The van der Waals surface area contributed by atoms with E-state index < -0.39 is 46.8 Å². The molecule has 0 unspecified atom stereocenters. The maximum absolute atomic E-state index is 13.4. The molecule has 146 valence electrons. The third kappa shape index (κ3) is 5.59. The summed E-state index contributed by atoms with van der Waals surface area (Å²) in [6.07, 6.45) is -0.297. The zero-order chi connectivity index (χ0) is 20.7. The van der Waals surface area contributed by atoms with Crippen molar-refractivity contribution >= 4 is 23.5 Å². The number of halogens is 1. The Morgan fingerprint density at radius 2 is 1.82 bits per heavy atom. The highest BCUT2D eigenvalue weighted by Gasteiger charge is 2.23. The summed E-state index contributed by atoms with van der Waals surface area (Å²) in [5.41, 5.74) is -0.291. The number of carbonyl (C=O) groups excluding carboxylic acids is 2. The van der Waals surface area contributed by atoms with Gasteiger partial charge in [0.25, 0.3) is 5.91 Å². The van der Waals surface area contributed by atoms with E-state index in [0.717, 1.165) is 12.1 Å². The SMILES string of the molecule is O=C(CNC(=O)c1ccccc1)N[C@@H](Cc1ccc(F)c([N+](=O)[O-])c1)C(=O)O. The summed E-state index contributed by atoms with van der Waals surface area (Å²) in [5, 5.41) is 24.6. The molecule has 2 aromatic rings. The molecule has 0 aliphatic rings. The number of hydrogen-bond donors (Lipinski definition) is 3. The fourth-order valence-electron chi connectivity index (χ4n) is 2.36. The van der Waals surface area contributed by atoms with E-state index in [-0.39, 0.29) is 12.0 Å². The van der Waals surface area contributed by atoms with E-state index in [1.165, 1.54) is 6.07 Å². The van der Waals surface area contributed by atoms with Crippen LogP contribution in [0.1, 0.15) is 15.9 Å². The lowest BCUT2D eigenvalue weighted by atomic mass is 10.0. The highest BCUT2D eigenvalue weighted by Crippen LogP contribution is 2.19. The van der Waals surface area contributed by atoms with Gasteiger partial charge < -0.3 is 15.7 Å². The zero-order valence-electron chi connectivity index (χ0n) is 14.4. The molecule has 9 nitrogen and oxygen atoms in total. The predicted octanol–water partition coefficient (Wildman–Crippen LogP) is 1.28. The first kappa shape index (κ1) is 20.5. The number of nitro groups is 1. The van der Waals surface area contributed by atoms with Gasteiger partial charge in [0.05, 0.1) is 11.5 Å². The van der Waals surface area contributed by atoms with E-state index in [1.54, 1.807) is 30.3 Å². The van der Waals surface area contributed by atoms with Crippen LogP contribution in [0.4, 0.5) is 10.1 Å². The first-order valence-corrected chi connectivity index (χ1v) is 8.06. The number of carboxylic acid groups (broad SMARTS) is 1. The molecule has 0 fully saturated rings. The van der Waals surface area contributed by atoms with Gasteiger partial charge in [0.15, 0.2) is 0 Å². The monoisotopic (exact) mass is 389 g/mol. The Kier molecular flexibility index (Phi) is 6.74. The van der Waals surface area contributed by atoms with Crippen LogP contribution in [0.5, 0.6) is 0 Å². The van der Waals surface area contributed by atoms with Crippen LogP contribution in [0.3, 0.4) is 0 Å². The number of carbonyl (C=O) groups is 3. The number of nitrogens with one attached hydrogen (secondary N) is 2. The average molecular weight is 389 g/mol. The largest absolute Gasteiger partial charge is 0.480 e. The minimum atomic E-state index is -1.41. The van der Waals surface area contributed by atoms with Crippen molar-refractivity contribution in [2.24, 2.45) is 0 Å². The fraction of sp³-hybridized carbons (Fsp3) is 0.167. The van der Waals surface area contributed by atoms with Crippen molar-refractivity contribution in [2.45, 2.75) is 12.5 Å². The minimum absolute atomic E-state index is 0.161. The summed E-state index contributed by atoms with van der Waals surface area (Å²) < 4.78 is 13.4. The van der Waals surface area contributed by atoms with Crippen molar-refractivity contribution in [1.82, 2.24) is 10.6 Å². The maximum Gasteiger partial charge on any atom is 0.326 e. The third-order valence-electron chi connectivity index (χ3n) is 3.73. The first-order valence-electron chi connectivity index (χ1n) is 8.06. The van der Waals surface area contributed by atoms with Gasteiger partial charge >= 0.3 is 11.7 Å². The quantitative estimate of drug-likeness (QED) is 0.459. The van der Waals surface area contributed by atoms with Crippen LogP contribution in [-0.4, -0.2) is 40.4 Å². The summed E-state index contributed by atoms with van der Waals surface area (Å²) in [6.45, 7) is -0.457. The van der Waals surface area contributed by atoms with Crippen molar-refractivity contribution in [1.29, 1.82) is 0 Å². The van der Waals surface area contributed by atoms with Crippen molar-refractivity contribution in [3.8, 4) is 0 Å². The Hall–Kier alpha value is -3.82. The lowest BCUT2D eigenvalue weighted by Gasteiger charge is -2.15. The highest BCUT2D eigenvalue weighted by molar-refractivity contribution is 5.96. The second-order valence-corrected chi connectivity index (χ2v) is 5.75. The molecule has 0 bridgehead atoms. The molecule has 10 heteroatoms. The van der Waals surface area contributed by atoms with Crippen LogP contribution >= 0.6 is 0 Å². The molecule has 2 aromatic carbocycles. The number of hydrogen-bond acceptors (Lipinski definition) is 5. The lowest BCUT2D eigenvalue weighted by Crippen LogP contribution is -2.46. The van der Waals surface area contributed by atoms with Crippen LogP contribution in [0, 0.1) is 15.9 Å². The average Bonchev–Trinajstić information content (AvgIpc) is 2.67. The second-order valence-electron chi connectivity index (χ2n) is 5.75. The predicted molar refractivity (Wildman–Crippen MR) is 95.1 cm³/mol. The molecule has 0 spiro atoms. The molecule has 0 heterocycles. The Labute approximate surface area is 158 Å². The smallest absolute Gasteiger partial charge is 0.326 e. The van der Waals surface area contributed by atoms with Crippen molar-refractivity contribution in [2.75, 3.05) is 6.54 Å². The van der Waals surface area contributed by atoms with Crippen LogP contribution in [0.25, 0.3) is 0 Å². The highest BCUT2D eigenvalue weighted by atomic mass is 19.1. The van der Waals surface area contributed by atoms with E-state index in [9.17, 15) is 34.0 Å². The maximum atomic E-state index is 13.4. The molecule has 1 atom stereocenters. The number of carboxylic acids is 1. The lowest BCUT2D eigenvalue weighted by molar-refractivity contribution is -0.387.